The molecule has 0 aliphatic carbocycles. The summed E-state index contributed by atoms with van der Waals surface area (Å²) in [5.74, 6) is -1.85. The maximum absolute atomic E-state index is 12.7. The first-order valence-corrected chi connectivity index (χ1v) is 10.5. The van der Waals surface area contributed by atoms with E-state index in [1.807, 2.05) is 17.9 Å². The van der Waals surface area contributed by atoms with Crippen LogP contribution in [0.4, 0.5) is 19.0 Å². The summed E-state index contributed by atoms with van der Waals surface area (Å²) < 4.78 is 42.6. The average molecular weight is 465 g/mol. The molecule has 4 aromatic rings. The molecule has 1 saturated heterocycles. The highest BCUT2D eigenvalue weighted by atomic mass is 19.4. The lowest BCUT2D eigenvalue weighted by Crippen LogP contribution is -2.46. The van der Waals surface area contributed by atoms with Crippen LogP contribution in [0.3, 0.4) is 0 Å². The van der Waals surface area contributed by atoms with Gasteiger partial charge in [0, 0.05) is 54.7 Å². The summed E-state index contributed by atoms with van der Waals surface area (Å²) in [7, 11) is 0. The minimum absolute atomic E-state index is 0.0972. The number of nitrogens with zero attached hydrogens (tertiary/aromatic N) is 5. The standard InChI is InChI=1S/C24H18F3N5O2/c1-14-9-16(11-28-10-14)21-22(30-8-7-29-21)17-12-32(13-17)19-6-5-15-3-2-4-18(20(15)31-19)34-23(33)24(25,26)27/h2-11,17H,12-13H2,1H3. The maximum atomic E-state index is 12.7. The van der Waals surface area contributed by atoms with E-state index in [-0.39, 0.29) is 17.2 Å². The second kappa shape index (κ2) is 8.36. The molecule has 5 rings (SSSR count). The van der Waals surface area contributed by atoms with Gasteiger partial charge in [-0.1, -0.05) is 12.1 Å². The average Bonchev–Trinajstić information content (AvgIpc) is 2.78. The first-order chi connectivity index (χ1) is 16.3. The molecule has 1 aromatic carbocycles. The Kier molecular flexibility index (Phi) is 5.35. The fourth-order valence-electron chi connectivity index (χ4n) is 3.92. The van der Waals surface area contributed by atoms with E-state index in [1.165, 1.54) is 12.1 Å². The smallest absolute Gasteiger partial charge is 0.418 e. The highest BCUT2D eigenvalue weighted by Gasteiger charge is 2.41. The van der Waals surface area contributed by atoms with Crippen LogP contribution in [0.2, 0.25) is 0 Å². The summed E-state index contributed by atoms with van der Waals surface area (Å²) in [5, 5.41) is 0.566. The molecule has 0 spiro atoms. The molecule has 3 aromatic heterocycles. The van der Waals surface area contributed by atoms with Crippen molar-refractivity contribution in [1.29, 1.82) is 0 Å². The van der Waals surface area contributed by atoms with E-state index < -0.39 is 12.1 Å². The number of para-hydroxylation sites is 1. The van der Waals surface area contributed by atoms with Gasteiger partial charge in [0.1, 0.15) is 11.3 Å². The van der Waals surface area contributed by atoms with Crippen molar-refractivity contribution in [3.05, 3.63) is 72.4 Å². The molecule has 0 saturated carbocycles. The van der Waals surface area contributed by atoms with Gasteiger partial charge in [0.2, 0.25) is 0 Å². The number of carbonyl (C=O) groups excluding carboxylic acids is 1. The number of alkyl halides is 3. The molecule has 4 heterocycles. The molecule has 10 heteroatoms. The summed E-state index contributed by atoms with van der Waals surface area (Å²) >= 11 is 0. The Morgan fingerprint density at radius 3 is 2.65 bits per heavy atom. The van der Waals surface area contributed by atoms with E-state index in [2.05, 4.69) is 24.7 Å². The van der Waals surface area contributed by atoms with Gasteiger partial charge in [0.05, 0.1) is 11.4 Å². The summed E-state index contributed by atoms with van der Waals surface area (Å²) in [4.78, 5) is 31.1. The second-order valence-corrected chi connectivity index (χ2v) is 8.03. The molecular weight excluding hydrogens is 447 g/mol. The van der Waals surface area contributed by atoms with Gasteiger partial charge in [0.15, 0.2) is 5.75 Å². The van der Waals surface area contributed by atoms with Crippen LogP contribution in [0, 0.1) is 6.92 Å². The number of esters is 1. The van der Waals surface area contributed by atoms with Crippen molar-refractivity contribution < 1.29 is 22.7 Å². The monoisotopic (exact) mass is 465 g/mol. The number of fused-ring (bicyclic) bond motifs is 1. The lowest BCUT2D eigenvalue weighted by atomic mass is 9.92. The van der Waals surface area contributed by atoms with Crippen molar-refractivity contribution >= 4 is 22.7 Å². The van der Waals surface area contributed by atoms with Crippen molar-refractivity contribution in [1.82, 2.24) is 19.9 Å². The Morgan fingerprint density at radius 1 is 1.09 bits per heavy atom. The molecule has 1 fully saturated rings. The normalized spacial score (nSPS) is 14.2. The van der Waals surface area contributed by atoms with Gasteiger partial charge in [-0.3, -0.25) is 15.0 Å². The Morgan fingerprint density at radius 2 is 1.88 bits per heavy atom. The van der Waals surface area contributed by atoms with E-state index in [0.717, 1.165) is 22.5 Å². The van der Waals surface area contributed by atoms with E-state index >= 15 is 0 Å². The van der Waals surface area contributed by atoms with Crippen LogP contribution in [-0.2, 0) is 4.79 Å². The molecule has 1 aliphatic heterocycles. The third-order valence-electron chi connectivity index (χ3n) is 5.57. The van der Waals surface area contributed by atoms with Gasteiger partial charge in [0.25, 0.3) is 0 Å². The van der Waals surface area contributed by atoms with Gasteiger partial charge in [-0.05, 0) is 36.8 Å². The zero-order valence-corrected chi connectivity index (χ0v) is 18.0. The molecule has 0 N–H and O–H groups in total. The fourth-order valence-corrected chi connectivity index (χ4v) is 3.92. The maximum Gasteiger partial charge on any atom is 0.491 e. The Bertz CT molecular complexity index is 1390. The number of halogens is 3. The number of benzene rings is 1. The zero-order valence-electron chi connectivity index (χ0n) is 18.0. The van der Waals surface area contributed by atoms with E-state index in [1.54, 1.807) is 43.0 Å². The lowest BCUT2D eigenvalue weighted by molar-refractivity contribution is -0.189. The highest BCUT2D eigenvalue weighted by Crippen LogP contribution is 2.36. The van der Waals surface area contributed by atoms with E-state index in [0.29, 0.717) is 24.3 Å². The van der Waals surface area contributed by atoms with Crippen molar-refractivity contribution in [2.45, 2.75) is 19.0 Å². The van der Waals surface area contributed by atoms with Gasteiger partial charge in [-0.15, -0.1) is 0 Å². The number of pyridine rings is 2. The number of anilines is 1. The minimum Gasteiger partial charge on any atom is -0.418 e. The van der Waals surface area contributed by atoms with Crippen LogP contribution in [0.5, 0.6) is 5.75 Å². The summed E-state index contributed by atoms with van der Waals surface area (Å²) in [6, 6.07) is 10.0. The van der Waals surface area contributed by atoms with Gasteiger partial charge in [-0.25, -0.2) is 9.78 Å². The fraction of sp³-hybridized carbons (Fsp3) is 0.208. The molecule has 172 valence electrons. The van der Waals surface area contributed by atoms with E-state index in [4.69, 9.17) is 0 Å². The van der Waals surface area contributed by atoms with Crippen LogP contribution in [0.1, 0.15) is 17.2 Å². The lowest BCUT2D eigenvalue weighted by Gasteiger charge is -2.40. The largest absolute Gasteiger partial charge is 0.491 e. The Hall–Kier alpha value is -4.08. The third kappa shape index (κ3) is 4.14. The third-order valence-corrected chi connectivity index (χ3v) is 5.57. The van der Waals surface area contributed by atoms with Gasteiger partial charge in [-0.2, -0.15) is 13.2 Å². The topological polar surface area (TPSA) is 81.1 Å². The minimum atomic E-state index is -5.09. The number of aryl methyl sites for hydroxylation is 1. The molecule has 0 unspecified atom stereocenters. The number of aromatic nitrogens is 4. The molecule has 0 radical (unpaired) electrons. The Labute approximate surface area is 192 Å². The molecule has 1 aliphatic rings. The quantitative estimate of drug-likeness (QED) is 0.325. The first kappa shape index (κ1) is 21.7. The number of hydrogen-bond donors (Lipinski definition) is 0. The zero-order chi connectivity index (χ0) is 23.9. The van der Waals surface area contributed by atoms with Crippen LogP contribution in [0.15, 0.2) is 61.2 Å². The van der Waals surface area contributed by atoms with Crippen LogP contribution in [-0.4, -0.2) is 45.2 Å². The second-order valence-electron chi connectivity index (χ2n) is 8.03. The van der Waals surface area contributed by atoms with Crippen LogP contribution >= 0.6 is 0 Å². The predicted molar refractivity (Wildman–Crippen MR) is 118 cm³/mol. The van der Waals surface area contributed by atoms with E-state index in [9.17, 15) is 18.0 Å². The predicted octanol–water partition coefficient (Wildman–Crippen LogP) is 4.47. The van der Waals surface area contributed by atoms with Crippen LogP contribution < -0.4 is 9.64 Å². The Balaban J connectivity index is 1.39. The number of hydrogen-bond acceptors (Lipinski definition) is 7. The first-order valence-electron chi connectivity index (χ1n) is 10.5. The molecular formula is C24H18F3N5O2. The SMILES string of the molecule is Cc1cncc(-c2nccnc2C2CN(c3ccc4cccc(OC(=O)C(F)(F)F)c4n3)C2)c1. The molecule has 7 nitrogen and oxygen atoms in total. The molecule has 0 bridgehead atoms. The van der Waals surface area contributed by atoms with Crippen molar-refractivity contribution in [3.8, 4) is 17.0 Å². The summed E-state index contributed by atoms with van der Waals surface area (Å²) in [6.07, 6.45) is 1.74. The van der Waals surface area contributed by atoms with Gasteiger partial charge < -0.3 is 9.64 Å². The molecule has 0 amide bonds. The number of rotatable bonds is 4. The number of carbonyl (C=O) groups is 1. The van der Waals surface area contributed by atoms with Crippen molar-refractivity contribution in [2.75, 3.05) is 18.0 Å². The summed E-state index contributed by atoms with van der Waals surface area (Å²) in [6.45, 7) is 3.17. The molecule has 0 atom stereocenters. The van der Waals surface area contributed by atoms with Gasteiger partial charge >= 0.3 is 12.1 Å². The highest BCUT2D eigenvalue weighted by molar-refractivity contribution is 5.89. The van der Waals surface area contributed by atoms with Crippen molar-refractivity contribution in [3.63, 3.8) is 0 Å². The van der Waals surface area contributed by atoms with Crippen LogP contribution in [0.25, 0.3) is 22.2 Å². The summed E-state index contributed by atoms with van der Waals surface area (Å²) in [5.41, 5.74) is 3.73. The number of ether oxygens (including phenoxy) is 1. The van der Waals surface area contributed by atoms with Crippen molar-refractivity contribution in [2.24, 2.45) is 0 Å². The molecule has 34 heavy (non-hydrogen) atoms.